The van der Waals surface area contributed by atoms with Gasteiger partial charge in [0.25, 0.3) is 0 Å². The second kappa shape index (κ2) is 4.80. The summed E-state index contributed by atoms with van der Waals surface area (Å²) >= 11 is 3.26. The van der Waals surface area contributed by atoms with Crippen LogP contribution in [-0.4, -0.2) is 18.7 Å². The van der Waals surface area contributed by atoms with Crippen LogP contribution in [0, 0.1) is 18.3 Å². The van der Waals surface area contributed by atoms with Crippen molar-refractivity contribution in [2.45, 2.75) is 19.1 Å². The summed E-state index contributed by atoms with van der Waals surface area (Å²) in [5.74, 6) is 0.211. The zero-order chi connectivity index (χ0) is 12.3. The number of rotatable bonds is 3. The van der Waals surface area contributed by atoms with E-state index in [2.05, 4.69) is 25.6 Å². The van der Waals surface area contributed by atoms with Gasteiger partial charge in [-0.1, -0.05) is 0 Å². The predicted molar refractivity (Wildman–Crippen MR) is 64.3 cm³/mol. The van der Waals surface area contributed by atoms with E-state index in [-0.39, 0.29) is 5.82 Å². The monoisotopic (exact) mass is 303 g/mol. The largest absolute Gasteiger partial charge is 0.266 e. The molecule has 0 spiro atoms. The van der Waals surface area contributed by atoms with Gasteiger partial charge in [-0.3, -0.25) is 4.72 Å². The predicted octanol–water partition coefficient (Wildman–Crippen LogP) is 1.81. The highest BCUT2D eigenvalue weighted by atomic mass is 79.9. The Morgan fingerprint density at radius 2 is 2.19 bits per heavy atom. The highest BCUT2D eigenvalue weighted by Crippen LogP contribution is 2.17. The van der Waals surface area contributed by atoms with Crippen molar-refractivity contribution in [2.75, 3.05) is 4.72 Å². The molecule has 0 aliphatic carbocycles. The Morgan fingerprint density at radius 1 is 1.56 bits per heavy atom. The molecule has 1 aromatic heterocycles. The lowest BCUT2D eigenvalue weighted by atomic mass is 10.4. The average Bonchev–Trinajstić information content (AvgIpc) is 2.22. The molecule has 1 atom stereocenters. The molecular formula is C9H10BrN3O2S. The maximum absolute atomic E-state index is 11.5. The van der Waals surface area contributed by atoms with Crippen LogP contribution in [0.15, 0.2) is 16.6 Å². The number of hydrogen-bond donors (Lipinski definition) is 1. The summed E-state index contributed by atoms with van der Waals surface area (Å²) in [6, 6.07) is 4.88. The fourth-order valence-electron chi connectivity index (χ4n) is 0.904. The number of nitrogens with zero attached hydrogens (tertiary/aromatic N) is 2. The van der Waals surface area contributed by atoms with Crippen molar-refractivity contribution in [3.05, 3.63) is 22.3 Å². The third-order valence-electron chi connectivity index (χ3n) is 1.92. The van der Waals surface area contributed by atoms with Gasteiger partial charge in [-0.15, -0.1) is 0 Å². The molecule has 0 aliphatic rings. The third kappa shape index (κ3) is 2.93. The van der Waals surface area contributed by atoms with Crippen LogP contribution >= 0.6 is 15.9 Å². The second-order valence-electron chi connectivity index (χ2n) is 3.18. The van der Waals surface area contributed by atoms with Gasteiger partial charge < -0.3 is 0 Å². The van der Waals surface area contributed by atoms with Crippen LogP contribution in [0.5, 0.6) is 0 Å². The smallest absolute Gasteiger partial charge is 0.250 e. The van der Waals surface area contributed by atoms with Gasteiger partial charge in [0.05, 0.1) is 11.8 Å². The SMILES string of the molecule is Cc1nc(NS(=O)(=O)C(C)C#N)ccc1Br. The van der Waals surface area contributed by atoms with Gasteiger partial charge in [-0.2, -0.15) is 5.26 Å². The van der Waals surface area contributed by atoms with Crippen molar-refractivity contribution >= 4 is 31.8 Å². The van der Waals surface area contributed by atoms with E-state index in [0.717, 1.165) is 4.47 Å². The first-order chi connectivity index (χ1) is 7.36. The third-order valence-corrected chi connectivity index (χ3v) is 4.28. The van der Waals surface area contributed by atoms with Gasteiger partial charge in [0.15, 0.2) is 5.25 Å². The van der Waals surface area contributed by atoms with Crippen LogP contribution in [0.4, 0.5) is 5.82 Å². The number of pyridine rings is 1. The van der Waals surface area contributed by atoms with Crippen molar-refractivity contribution in [2.24, 2.45) is 0 Å². The van der Waals surface area contributed by atoms with E-state index in [9.17, 15) is 8.42 Å². The molecule has 1 rings (SSSR count). The minimum Gasteiger partial charge on any atom is -0.266 e. The summed E-state index contributed by atoms with van der Waals surface area (Å²) in [5, 5.41) is 7.44. The molecule has 1 unspecified atom stereocenters. The Bertz CT molecular complexity index is 536. The molecule has 0 radical (unpaired) electrons. The zero-order valence-corrected chi connectivity index (χ0v) is 11.1. The van der Waals surface area contributed by atoms with Crippen LogP contribution in [0.3, 0.4) is 0 Å². The first-order valence-electron chi connectivity index (χ1n) is 4.41. The lowest BCUT2D eigenvalue weighted by Crippen LogP contribution is -2.24. The summed E-state index contributed by atoms with van der Waals surface area (Å²) in [7, 11) is -3.68. The molecule has 1 heterocycles. The minimum absolute atomic E-state index is 0.211. The van der Waals surface area contributed by atoms with E-state index < -0.39 is 15.3 Å². The van der Waals surface area contributed by atoms with Crippen LogP contribution in [0.1, 0.15) is 12.6 Å². The standard InChI is InChI=1S/C9H10BrN3O2S/c1-6(5-11)16(14,15)13-9-4-3-8(10)7(2)12-9/h3-4,6H,1-2H3,(H,12,13). The Balaban J connectivity index is 2.98. The van der Waals surface area contributed by atoms with Gasteiger partial charge in [-0.05, 0) is 41.9 Å². The van der Waals surface area contributed by atoms with Crippen LogP contribution < -0.4 is 4.72 Å². The van der Waals surface area contributed by atoms with E-state index >= 15 is 0 Å². The van der Waals surface area contributed by atoms with Crippen LogP contribution in [0.2, 0.25) is 0 Å². The highest BCUT2D eigenvalue weighted by Gasteiger charge is 2.20. The maximum Gasteiger partial charge on any atom is 0.250 e. The summed E-state index contributed by atoms with van der Waals surface area (Å²) < 4.78 is 26.1. The van der Waals surface area contributed by atoms with E-state index in [1.54, 1.807) is 19.1 Å². The first kappa shape index (κ1) is 12.9. The van der Waals surface area contributed by atoms with Gasteiger partial charge in [0.2, 0.25) is 10.0 Å². The van der Waals surface area contributed by atoms with Gasteiger partial charge in [-0.25, -0.2) is 13.4 Å². The molecule has 0 saturated heterocycles. The molecule has 86 valence electrons. The van der Waals surface area contributed by atoms with Crippen molar-refractivity contribution in [1.29, 1.82) is 5.26 Å². The lowest BCUT2D eigenvalue weighted by molar-refractivity contribution is 0.597. The highest BCUT2D eigenvalue weighted by molar-refractivity contribution is 9.10. The Labute approximate surface area is 103 Å². The normalized spacial score (nSPS) is 12.9. The number of sulfonamides is 1. The summed E-state index contributed by atoms with van der Waals surface area (Å²) in [6.45, 7) is 3.06. The van der Waals surface area contributed by atoms with Crippen LogP contribution in [-0.2, 0) is 10.0 Å². The van der Waals surface area contributed by atoms with E-state index in [4.69, 9.17) is 5.26 Å². The van der Waals surface area contributed by atoms with Crippen LogP contribution in [0.25, 0.3) is 0 Å². The molecule has 0 aliphatic heterocycles. The number of anilines is 1. The quantitative estimate of drug-likeness (QED) is 0.923. The summed E-state index contributed by atoms with van der Waals surface area (Å²) in [6.07, 6.45) is 0. The van der Waals surface area contributed by atoms with E-state index in [1.165, 1.54) is 13.0 Å². The number of nitriles is 1. The first-order valence-corrected chi connectivity index (χ1v) is 6.75. The Kier molecular flexibility index (Phi) is 3.88. The van der Waals surface area contributed by atoms with Gasteiger partial charge >= 0.3 is 0 Å². The molecule has 16 heavy (non-hydrogen) atoms. The molecule has 5 nitrogen and oxygen atoms in total. The average molecular weight is 304 g/mol. The maximum atomic E-state index is 11.5. The number of aromatic nitrogens is 1. The minimum atomic E-state index is -3.68. The van der Waals surface area contributed by atoms with Crippen molar-refractivity contribution in [3.63, 3.8) is 0 Å². The molecule has 0 saturated carbocycles. The van der Waals surface area contributed by atoms with E-state index in [0.29, 0.717) is 5.69 Å². The Morgan fingerprint density at radius 3 is 2.69 bits per heavy atom. The fraction of sp³-hybridized carbons (Fsp3) is 0.333. The summed E-state index contributed by atoms with van der Waals surface area (Å²) in [5.41, 5.74) is 0.671. The molecule has 0 aromatic carbocycles. The van der Waals surface area contributed by atoms with Gasteiger partial charge in [0.1, 0.15) is 5.82 Å². The number of halogens is 1. The molecule has 0 amide bonds. The van der Waals surface area contributed by atoms with Crippen molar-refractivity contribution in [3.8, 4) is 6.07 Å². The summed E-state index contributed by atoms with van der Waals surface area (Å²) in [4.78, 5) is 4.03. The number of nitrogens with one attached hydrogen (secondary N) is 1. The molecule has 0 fully saturated rings. The Hall–Kier alpha value is -1.13. The zero-order valence-electron chi connectivity index (χ0n) is 8.73. The van der Waals surface area contributed by atoms with Crippen molar-refractivity contribution in [1.82, 2.24) is 4.98 Å². The topological polar surface area (TPSA) is 82.8 Å². The molecule has 0 bridgehead atoms. The molecule has 7 heteroatoms. The van der Waals surface area contributed by atoms with E-state index in [1.807, 2.05) is 0 Å². The molecular weight excluding hydrogens is 294 g/mol. The number of hydrogen-bond acceptors (Lipinski definition) is 4. The molecule has 1 aromatic rings. The number of aryl methyl sites for hydroxylation is 1. The van der Waals surface area contributed by atoms with Gasteiger partial charge in [0, 0.05) is 4.47 Å². The molecule has 1 N–H and O–H groups in total. The fourth-order valence-corrected chi connectivity index (χ4v) is 1.85. The lowest BCUT2D eigenvalue weighted by Gasteiger charge is -2.09. The second-order valence-corrected chi connectivity index (χ2v) is 6.04. The van der Waals surface area contributed by atoms with Crippen molar-refractivity contribution < 1.29 is 8.42 Å².